The number of hydrogen-bond donors (Lipinski definition) is 3. The van der Waals surface area contributed by atoms with Crippen LogP contribution in [-0.4, -0.2) is 32.9 Å². The molecule has 0 aromatic heterocycles. The van der Waals surface area contributed by atoms with E-state index in [0.717, 1.165) is 28.9 Å². The van der Waals surface area contributed by atoms with Crippen LogP contribution in [0.3, 0.4) is 0 Å². The molecule has 0 radical (unpaired) electrons. The van der Waals surface area contributed by atoms with E-state index in [1.807, 2.05) is 52.0 Å². The second-order valence-electron chi connectivity index (χ2n) is 9.18. The van der Waals surface area contributed by atoms with E-state index in [4.69, 9.17) is 4.74 Å². The number of likely N-dealkylation sites (tertiary alicyclic amines) is 1. The fourth-order valence-corrected chi connectivity index (χ4v) is 5.25. The van der Waals surface area contributed by atoms with Gasteiger partial charge in [0.1, 0.15) is 11.2 Å². The van der Waals surface area contributed by atoms with Gasteiger partial charge in [-0.1, -0.05) is 69.2 Å². The molecule has 190 valence electrons. The summed E-state index contributed by atoms with van der Waals surface area (Å²) in [6, 6.07) is 13.6. The lowest BCUT2D eigenvalue weighted by Gasteiger charge is -2.53. The van der Waals surface area contributed by atoms with Crippen molar-refractivity contribution in [3.8, 4) is 5.75 Å². The van der Waals surface area contributed by atoms with Crippen LogP contribution in [0.5, 0.6) is 5.75 Å². The SMILES string of the molecule is CCC[C@@H](NC(=O)N1C(=O)C(CC)(CC)[C@@H]1Oc1ccc(CP(=O)(O)O)cc1)c1ccc(C)cc1. The van der Waals surface area contributed by atoms with E-state index in [-0.39, 0.29) is 18.1 Å². The average Bonchev–Trinajstić information content (AvgIpc) is 2.80. The number of urea groups is 1. The van der Waals surface area contributed by atoms with Crippen LogP contribution in [0.1, 0.15) is 69.2 Å². The molecule has 2 atom stereocenters. The van der Waals surface area contributed by atoms with E-state index >= 15 is 0 Å². The molecule has 1 saturated heterocycles. The van der Waals surface area contributed by atoms with Crippen LogP contribution in [0.2, 0.25) is 0 Å². The number of hydrogen-bond acceptors (Lipinski definition) is 4. The summed E-state index contributed by atoms with van der Waals surface area (Å²) in [5, 5.41) is 3.02. The quantitative estimate of drug-likeness (QED) is 0.301. The lowest BCUT2D eigenvalue weighted by atomic mass is 9.72. The van der Waals surface area contributed by atoms with E-state index in [0.29, 0.717) is 24.2 Å². The molecule has 9 heteroatoms. The molecule has 2 aromatic carbocycles. The Balaban J connectivity index is 1.81. The highest BCUT2D eigenvalue weighted by atomic mass is 31.2. The molecule has 1 fully saturated rings. The predicted molar refractivity (Wildman–Crippen MR) is 134 cm³/mol. The monoisotopic (exact) mass is 502 g/mol. The number of rotatable bonds is 10. The van der Waals surface area contributed by atoms with Gasteiger partial charge in [0.15, 0.2) is 6.23 Å². The number of nitrogens with one attached hydrogen (secondary N) is 1. The Bertz CT molecular complexity index is 1080. The van der Waals surface area contributed by atoms with E-state index in [1.54, 1.807) is 24.3 Å². The lowest BCUT2D eigenvalue weighted by molar-refractivity contribution is -0.191. The lowest BCUT2D eigenvalue weighted by Crippen LogP contribution is -2.73. The highest BCUT2D eigenvalue weighted by Crippen LogP contribution is 2.46. The van der Waals surface area contributed by atoms with Crippen molar-refractivity contribution >= 4 is 19.5 Å². The zero-order chi connectivity index (χ0) is 25.8. The number of aryl methyl sites for hydroxylation is 1. The number of imide groups is 1. The minimum atomic E-state index is -4.18. The molecular formula is C26H35N2O6P. The highest BCUT2D eigenvalue weighted by molar-refractivity contribution is 7.50. The van der Waals surface area contributed by atoms with Crippen LogP contribution in [-0.2, 0) is 15.5 Å². The van der Waals surface area contributed by atoms with Gasteiger partial charge in [-0.25, -0.2) is 9.69 Å². The third kappa shape index (κ3) is 5.95. The number of ether oxygens (including phenoxy) is 1. The first kappa shape index (κ1) is 26.9. The Hall–Kier alpha value is -2.67. The maximum atomic E-state index is 13.3. The van der Waals surface area contributed by atoms with Gasteiger partial charge in [0.2, 0.25) is 5.91 Å². The summed E-state index contributed by atoms with van der Waals surface area (Å²) in [5.74, 6) is 0.159. The van der Waals surface area contributed by atoms with Gasteiger partial charge in [-0.3, -0.25) is 9.36 Å². The molecule has 3 rings (SSSR count). The Morgan fingerprint density at radius 2 is 1.69 bits per heavy atom. The molecule has 0 aliphatic carbocycles. The minimum Gasteiger partial charge on any atom is -0.469 e. The van der Waals surface area contributed by atoms with E-state index in [9.17, 15) is 23.9 Å². The van der Waals surface area contributed by atoms with Crippen LogP contribution in [0.4, 0.5) is 4.79 Å². The molecule has 3 N–H and O–H groups in total. The summed E-state index contributed by atoms with van der Waals surface area (Å²) in [6.07, 6.45) is 1.48. The number of amides is 3. The fourth-order valence-electron chi connectivity index (χ4n) is 4.57. The van der Waals surface area contributed by atoms with Crippen molar-refractivity contribution in [1.82, 2.24) is 10.2 Å². The largest absolute Gasteiger partial charge is 0.469 e. The Labute approximate surface area is 206 Å². The first-order valence-corrected chi connectivity index (χ1v) is 13.8. The zero-order valence-electron chi connectivity index (χ0n) is 20.7. The topological polar surface area (TPSA) is 116 Å². The Morgan fingerprint density at radius 3 is 2.20 bits per heavy atom. The third-order valence-electron chi connectivity index (χ3n) is 6.75. The summed E-state index contributed by atoms with van der Waals surface area (Å²) in [5.41, 5.74) is 1.77. The molecule has 8 nitrogen and oxygen atoms in total. The second kappa shape index (κ2) is 10.9. The second-order valence-corrected chi connectivity index (χ2v) is 10.8. The van der Waals surface area contributed by atoms with Crippen molar-refractivity contribution in [2.24, 2.45) is 5.41 Å². The number of nitrogens with zero attached hydrogens (tertiary/aromatic N) is 1. The predicted octanol–water partition coefficient (Wildman–Crippen LogP) is 5.28. The van der Waals surface area contributed by atoms with Crippen molar-refractivity contribution in [2.45, 2.75) is 71.8 Å². The maximum absolute atomic E-state index is 13.3. The van der Waals surface area contributed by atoms with Gasteiger partial charge in [0.05, 0.1) is 12.2 Å². The van der Waals surface area contributed by atoms with Gasteiger partial charge in [0.25, 0.3) is 0 Å². The summed E-state index contributed by atoms with van der Waals surface area (Å²) in [7, 11) is -4.18. The normalized spacial score (nSPS) is 18.1. The first-order chi connectivity index (χ1) is 16.5. The van der Waals surface area contributed by atoms with Crippen molar-refractivity contribution in [2.75, 3.05) is 0 Å². The molecule has 1 aliphatic rings. The van der Waals surface area contributed by atoms with E-state index in [2.05, 4.69) is 5.32 Å². The number of carbonyl (C=O) groups is 2. The highest BCUT2D eigenvalue weighted by Gasteiger charge is 2.63. The molecule has 0 unspecified atom stereocenters. The summed E-state index contributed by atoms with van der Waals surface area (Å²) >= 11 is 0. The molecule has 0 saturated carbocycles. The molecular weight excluding hydrogens is 467 g/mol. The standard InChI is InChI=1S/C26H35N2O6P/c1-5-8-22(20-13-9-18(4)10-14-20)27-25(30)28-23(29)26(6-2,7-3)24(28)34-21-15-11-19(12-16-21)17-35(31,32)33/h9-16,22,24H,5-8,17H2,1-4H3,(H,27,30)(H2,31,32,33)/t22-,24+/m1/s1. The molecule has 0 spiro atoms. The summed E-state index contributed by atoms with van der Waals surface area (Å²) in [6.45, 7) is 7.86. The molecule has 3 amide bonds. The number of benzene rings is 2. The number of carbonyl (C=O) groups excluding carboxylic acids is 2. The average molecular weight is 503 g/mol. The van der Waals surface area contributed by atoms with Crippen molar-refractivity contribution in [3.63, 3.8) is 0 Å². The van der Waals surface area contributed by atoms with Crippen LogP contribution >= 0.6 is 7.60 Å². The molecule has 35 heavy (non-hydrogen) atoms. The summed E-state index contributed by atoms with van der Waals surface area (Å²) < 4.78 is 17.4. The molecule has 1 heterocycles. The van der Waals surface area contributed by atoms with Gasteiger partial charge in [-0.05, 0) is 49.4 Å². The van der Waals surface area contributed by atoms with Crippen LogP contribution in [0, 0.1) is 12.3 Å². The maximum Gasteiger partial charge on any atom is 0.329 e. The zero-order valence-corrected chi connectivity index (χ0v) is 21.6. The third-order valence-corrected chi connectivity index (χ3v) is 7.52. The van der Waals surface area contributed by atoms with Crippen LogP contribution < -0.4 is 10.1 Å². The van der Waals surface area contributed by atoms with Gasteiger partial charge in [-0.15, -0.1) is 0 Å². The van der Waals surface area contributed by atoms with E-state index < -0.39 is 25.3 Å². The van der Waals surface area contributed by atoms with Crippen LogP contribution in [0.15, 0.2) is 48.5 Å². The minimum absolute atomic E-state index is 0.230. The fraction of sp³-hybridized carbons (Fsp3) is 0.462. The van der Waals surface area contributed by atoms with Gasteiger partial charge < -0.3 is 19.8 Å². The van der Waals surface area contributed by atoms with Crippen LogP contribution in [0.25, 0.3) is 0 Å². The number of β-lactam (4-membered cyclic amide) rings is 1. The van der Waals surface area contributed by atoms with Gasteiger partial charge >= 0.3 is 13.6 Å². The Kier molecular flexibility index (Phi) is 8.42. The smallest absolute Gasteiger partial charge is 0.329 e. The Morgan fingerprint density at radius 1 is 1.09 bits per heavy atom. The summed E-state index contributed by atoms with van der Waals surface area (Å²) in [4.78, 5) is 46.1. The van der Waals surface area contributed by atoms with Crippen molar-refractivity contribution in [1.29, 1.82) is 0 Å². The molecule has 1 aliphatic heterocycles. The van der Waals surface area contributed by atoms with Gasteiger partial charge in [-0.2, -0.15) is 0 Å². The van der Waals surface area contributed by atoms with E-state index in [1.165, 1.54) is 0 Å². The molecule has 0 bridgehead atoms. The van der Waals surface area contributed by atoms with Crippen molar-refractivity contribution in [3.05, 3.63) is 65.2 Å². The van der Waals surface area contributed by atoms with Gasteiger partial charge in [0, 0.05) is 0 Å². The van der Waals surface area contributed by atoms with Crippen molar-refractivity contribution < 1.29 is 28.7 Å². The molecule has 2 aromatic rings. The first-order valence-electron chi connectivity index (χ1n) is 12.1.